The zero-order valence-corrected chi connectivity index (χ0v) is 16.6. The molecule has 0 atom stereocenters. The van der Waals surface area contributed by atoms with Crippen LogP contribution in [0.2, 0.25) is 0 Å². The fraction of sp³-hybridized carbons (Fsp3) is 0.333. The number of nitrogens with zero attached hydrogens (tertiary/aromatic N) is 3. The molecular formula is C18H20BrN3OS. The number of halogens is 1. The second kappa shape index (κ2) is 7.07. The molecule has 126 valence electrons. The van der Waals surface area contributed by atoms with Gasteiger partial charge in [-0.2, -0.15) is 5.10 Å². The first-order valence-corrected chi connectivity index (χ1v) is 9.59. The molecule has 0 saturated carbocycles. The van der Waals surface area contributed by atoms with Crippen molar-refractivity contribution in [2.75, 3.05) is 0 Å². The Morgan fingerprint density at radius 3 is 2.67 bits per heavy atom. The van der Waals surface area contributed by atoms with Crippen LogP contribution < -0.4 is 4.74 Å². The summed E-state index contributed by atoms with van der Waals surface area (Å²) in [5.74, 6) is 1.26. The maximum absolute atomic E-state index is 5.78. The van der Waals surface area contributed by atoms with E-state index in [1.807, 2.05) is 49.0 Å². The maximum atomic E-state index is 5.78. The van der Waals surface area contributed by atoms with Crippen molar-refractivity contribution in [3.8, 4) is 22.1 Å². The Hall–Kier alpha value is -1.66. The number of benzene rings is 1. The van der Waals surface area contributed by atoms with E-state index in [1.54, 1.807) is 11.3 Å². The zero-order chi connectivity index (χ0) is 17.3. The van der Waals surface area contributed by atoms with Gasteiger partial charge in [-0.1, -0.05) is 26.0 Å². The first kappa shape index (κ1) is 17.2. The summed E-state index contributed by atoms with van der Waals surface area (Å²) in [5, 5.41) is 7.67. The molecule has 6 heteroatoms. The highest BCUT2D eigenvalue weighted by Gasteiger charge is 2.14. The van der Waals surface area contributed by atoms with Gasteiger partial charge in [0.2, 0.25) is 5.13 Å². The first-order valence-electron chi connectivity index (χ1n) is 7.92. The van der Waals surface area contributed by atoms with Gasteiger partial charge in [0.15, 0.2) is 0 Å². The van der Waals surface area contributed by atoms with Crippen LogP contribution in [-0.4, -0.2) is 20.9 Å². The number of hydrogen-bond donors (Lipinski definition) is 0. The molecule has 2 heterocycles. The minimum atomic E-state index is 0.144. The van der Waals surface area contributed by atoms with Crippen LogP contribution in [0.25, 0.3) is 16.4 Å². The summed E-state index contributed by atoms with van der Waals surface area (Å²) in [7, 11) is 0. The van der Waals surface area contributed by atoms with E-state index in [2.05, 4.69) is 40.1 Å². The van der Waals surface area contributed by atoms with Crippen molar-refractivity contribution in [3.63, 3.8) is 0 Å². The lowest BCUT2D eigenvalue weighted by molar-refractivity contribution is 0.242. The molecule has 0 radical (unpaired) electrons. The van der Waals surface area contributed by atoms with E-state index in [0.29, 0.717) is 5.92 Å². The van der Waals surface area contributed by atoms with Gasteiger partial charge < -0.3 is 4.74 Å². The van der Waals surface area contributed by atoms with Crippen LogP contribution in [0.3, 0.4) is 0 Å². The zero-order valence-electron chi connectivity index (χ0n) is 14.2. The highest BCUT2D eigenvalue weighted by molar-refractivity contribution is 9.10. The van der Waals surface area contributed by atoms with Crippen molar-refractivity contribution in [1.82, 2.24) is 14.8 Å². The third-order valence-corrected chi connectivity index (χ3v) is 4.88. The standard InChI is InChI=1S/C18H20BrN3OS/c1-11(2)16-10-24-18(20-16)22-9-15(19)17(21-22)13-6-5-7-14(8-13)23-12(3)4/h5-12H,1-4H3. The van der Waals surface area contributed by atoms with Crippen molar-refractivity contribution in [2.45, 2.75) is 39.7 Å². The Kier molecular flexibility index (Phi) is 5.06. The van der Waals surface area contributed by atoms with Gasteiger partial charge in [-0.15, -0.1) is 11.3 Å². The van der Waals surface area contributed by atoms with E-state index >= 15 is 0 Å². The highest BCUT2D eigenvalue weighted by atomic mass is 79.9. The molecule has 3 rings (SSSR count). The van der Waals surface area contributed by atoms with Crippen LogP contribution in [0.15, 0.2) is 40.3 Å². The summed E-state index contributed by atoms with van der Waals surface area (Å²) >= 11 is 5.22. The Balaban J connectivity index is 1.94. The Morgan fingerprint density at radius 2 is 2.00 bits per heavy atom. The van der Waals surface area contributed by atoms with Gasteiger partial charge in [0.25, 0.3) is 0 Å². The lowest BCUT2D eigenvalue weighted by Gasteiger charge is -2.10. The van der Waals surface area contributed by atoms with Gasteiger partial charge in [-0.3, -0.25) is 0 Å². The Bertz CT molecular complexity index is 838. The molecule has 0 unspecified atom stereocenters. The summed E-state index contributed by atoms with van der Waals surface area (Å²) in [6, 6.07) is 7.99. The summed E-state index contributed by atoms with van der Waals surface area (Å²) in [5.41, 5.74) is 2.99. The lowest BCUT2D eigenvalue weighted by Crippen LogP contribution is -2.05. The number of hydrogen-bond acceptors (Lipinski definition) is 4. The third kappa shape index (κ3) is 3.70. The van der Waals surface area contributed by atoms with E-state index in [9.17, 15) is 0 Å². The first-order chi connectivity index (χ1) is 11.4. The van der Waals surface area contributed by atoms with Crippen LogP contribution in [0.5, 0.6) is 5.75 Å². The van der Waals surface area contributed by atoms with E-state index in [0.717, 1.165) is 32.3 Å². The summed E-state index contributed by atoms with van der Waals surface area (Å²) in [6.45, 7) is 8.32. The van der Waals surface area contributed by atoms with E-state index in [4.69, 9.17) is 9.84 Å². The Morgan fingerprint density at radius 1 is 1.21 bits per heavy atom. The number of ether oxygens (including phenoxy) is 1. The average molecular weight is 406 g/mol. The second-order valence-corrected chi connectivity index (χ2v) is 7.87. The van der Waals surface area contributed by atoms with Crippen molar-refractivity contribution < 1.29 is 4.74 Å². The fourth-order valence-electron chi connectivity index (χ4n) is 2.28. The number of thiazole rings is 1. The molecule has 4 nitrogen and oxygen atoms in total. The largest absolute Gasteiger partial charge is 0.491 e. The monoisotopic (exact) mass is 405 g/mol. The summed E-state index contributed by atoms with van der Waals surface area (Å²) in [6.07, 6.45) is 2.10. The molecule has 0 spiro atoms. The fourth-order valence-corrected chi connectivity index (χ4v) is 3.69. The van der Waals surface area contributed by atoms with Gasteiger partial charge in [0.1, 0.15) is 11.4 Å². The maximum Gasteiger partial charge on any atom is 0.210 e. The van der Waals surface area contributed by atoms with Gasteiger partial charge in [-0.05, 0) is 47.8 Å². The van der Waals surface area contributed by atoms with E-state index in [1.165, 1.54) is 0 Å². The molecule has 1 aromatic carbocycles. The molecule has 0 aliphatic heterocycles. The van der Waals surface area contributed by atoms with E-state index in [-0.39, 0.29) is 6.10 Å². The van der Waals surface area contributed by atoms with Gasteiger partial charge in [0.05, 0.1) is 16.3 Å². The van der Waals surface area contributed by atoms with E-state index < -0.39 is 0 Å². The molecule has 2 aromatic heterocycles. The molecule has 0 aliphatic rings. The lowest BCUT2D eigenvalue weighted by atomic mass is 10.1. The van der Waals surface area contributed by atoms with Crippen LogP contribution in [-0.2, 0) is 0 Å². The van der Waals surface area contributed by atoms with Crippen LogP contribution >= 0.6 is 27.3 Å². The van der Waals surface area contributed by atoms with Crippen molar-refractivity contribution in [3.05, 3.63) is 46.0 Å². The average Bonchev–Trinajstić information content (AvgIpc) is 3.13. The SMILES string of the molecule is CC(C)Oc1cccc(-c2nn(-c3nc(C(C)C)cs3)cc2Br)c1. The molecule has 0 N–H and O–H groups in total. The molecule has 0 aliphatic carbocycles. The normalized spacial score (nSPS) is 11.5. The van der Waals surface area contributed by atoms with Gasteiger partial charge in [0, 0.05) is 17.1 Å². The molecule has 24 heavy (non-hydrogen) atoms. The van der Waals surface area contributed by atoms with Crippen molar-refractivity contribution in [2.24, 2.45) is 0 Å². The molecule has 3 aromatic rings. The predicted molar refractivity (Wildman–Crippen MR) is 102 cm³/mol. The quantitative estimate of drug-likeness (QED) is 0.548. The van der Waals surface area contributed by atoms with Crippen LogP contribution in [0.4, 0.5) is 0 Å². The van der Waals surface area contributed by atoms with Crippen LogP contribution in [0.1, 0.15) is 39.3 Å². The van der Waals surface area contributed by atoms with Crippen molar-refractivity contribution in [1.29, 1.82) is 0 Å². The Labute approximate surface area is 154 Å². The second-order valence-electron chi connectivity index (χ2n) is 6.17. The van der Waals surface area contributed by atoms with Crippen molar-refractivity contribution >= 4 is 27.3 Å². The summed E-state index contributed by atoms with van der Waals surface area (Å²) in [4.78, 5) is 4.66. The highest BCUT2D eigenvalue weighted by Crippen LogP contribution is 2.31. The molecule has 0 amide bonds. The smallest absolute Gasteiger partial charge is 0.210 e. The topological polar surface area (TPSA) is 39.9 Å². The summed E-state index contributed by atoms with van der Waals surface area (Å²) < 4.78 is 8.54. The molecular weight excluding hydrogens is 386 g/mol. The van der Waals surface area contributed by atoms with Crippen LogP contribution in [0, 0.1) is 0 Å². The minimum absolute atomic E-state index is 0.144. The predicted octanol–water partition coefficient (Wildman–Crippen LogP) is 5.67. The number of aromatic nitrogens is 3. The molecule has 0 fully saturated rings. The molecule has 0 saturated heterocycles. The van der Waals surface area contributed by atoms with Gasteiger partial charge in [-0.25, -0.2) is 9.67 Å². The van der Waals surface area contributed by atoms with Gasteiger partial charge >= 0.3 is 0 Å². The molecule has 0 bridgehead atoms. The minimum Gasteiger partial charge on any atom is -0.491 e. The number of rotatable bonds is 5. The third-order valence-electron chi connectivity index (χ3n) is 3.45.